The molecule has 2 nitrogen and oxygen atoms in total. The molecule has 0 unspecified atom stereocenters. The maximum atomic E-state index is 11.8. The summed E-state index contributed by atoms with van der Waals surface area (Å²) in [7, 11) is 0. The van der Waals surface area contributed by atoms with E-state index < -0.39 is 13.3 Å². The largest absolute Gasteiger partial charge is 0.244 e. The van der Waals surface area contributed by atoms with E-state index in [2.05, 4.69) is 10.2 Å². The van der Waals surface area contributed by atoms with Gasteiger partial charge in [-0.05, 0) is 12.1 Å². The maximum absolute atomic E-state index is 11.8. The van der Waals surface area contributed by atoms with Gasteiger partial charge in [-0.15, -0.1) is 0 Å². The van der Waals surface area contributed by atoms with Gasteiger partial charge in [-0.2, -0.15) is 10.2 Å². The van der Waals surface area contributed by atoms with Crippen molar-refractivity contribution in [1.82, 2.24) is 10.2 Å². The molecule has 0 saturated carbocycles. The van der Waals surface area contributed by atoms with Crippen LogP contribution in [0.3, 0.4) is 0 Å². The van der Waals surface area contributed by atoms with Crippen LogP contribution >= 0.6 is 0 Å². The summed E-state index contributed by atoms with van der Waals surface area (Å²) < 4.78 is 23.5. The standard InChI is InChI=1S/C6H6F2N2/c7-3-5-1-2-6(4-8)10-9-5/h1-2H,3-4H2. The van der Waals surface area contributed by atoms with E-state index in [0.29, 0.717) is 0 Å². The molecule has 0 N–H and O–H groups in total. The highest BCUT2D eigenvalue weighted by molar-refractivity contribution is 5.04. The molecule has 1 heterocycles. The molecule has 0 aliphatic heterocycles. The molecule has 1 aromatic rings. The van der Waals surface area contributed by atoms with Gasteiger partial charge in [-0.1, -0.05) is 0 Å². The number of aromatic nitrogens is 2. The van der Waals surface area contributed by atoms with Gasteiger partial charge >= 0.3 is 0 Å². The second-order valence-corrected chi connectivity index (χ2v) is 1.78. The molecule has 4 heteroatoms. The Bertz CT molecular complexity index is 174. The van der Waals surface area contributed by atoms with E-state index in [-0.39, 0.29) is 11.4 Å². The third kappa shape index (κ3) is 1.46. The summed E-state index contributed by atoms with van der Waals surface area (Å²) in [6.45, 7) is -1.31. The van der Waals surface area contributed by atoms with Gasteiger partial charge in [-0.25, -0.2) is 8.78 Å². The Labute approximate surface area is 56.9 Å². The molecule has 10 heavy (non-hydrogen) atoms. The Balaban J connectivity index is 2.80. The lowest BCUT2D eigenvalue weighted by Gasteiger charge is -1.92. The Morgan fingerprint density at radius 2 is 1.40 bits per heavy atom. The molecule has 0 amide bonds. The molecule has 0 saturated heterocycles. The maximum Gasteiger partial charge on any atom is 0.133 e. The third-order valence-electron chi connectivity index (χ3n) is 1.05. The molecular weight excluding hydrogens is 138 g/mol. The van der Waals surface area contributed by atoms with Gasteiger partial charge in [0.25, 0.3) is 0 Å². The van der Waals surface area contributed by atoms with Gasteiger partial charge < -0.3 is 0 Å². The SMILES string of the molecule is FCc1ccc(CF)nn1. The van der Waals surface area contributed by atoms with Crippen molar-refractivity contribution < 1.29 is 8.78 Å². The van der Waals surface area contributed by atoms with Crippen LogP contribution in [0, 0.1) is 0 Å². The van der Waals surface area contributed by atoms with Crippen LogP contribution in [-0.4, -0.2) is 10.2 Å². The van der Waals surface area contributed by atoms with Crippen LogP contribution < -0.4 is 0 Å². The predicted octanol–water partition coefficient (Wildman–Crippen LogP) is 1.42. The minimum atomic E-state index is -0.653. The quantitative estimate of drug-likeness (QED) is 0.627. The third-order valence-corrected chi connectivity index (χ3v) is 1.05. The van der Waals surface area contributed by atoms with Crippen molar-refractivity contribution in [1.29, 1.82) is 0 Å². The Morgan fingerprint density at radius 1 is 1.00 bits per heavy atom. The van der Waals surface area contributed by atoms with E-state index in [1.54, 1.807) is 0 Å². The molecule has 0 aliphatic carbocycles. The summed E-state index contributed by atoms with van der Waals surface area (Å²) in [5, 5.41) is 6.81. The first-order chi connectivity index (χ1) is 4.86. The fourth-order valence-electron chi connectivity index (χ4n) is 0.530. The molecule has 1 rings (SSSR count). The van der Waals surface area contributed by atoms with Crippen molar-refractivity contribution >= 4 is 0 Å². The fraction of sp³-hybridized carbons (Fsp3) is 0.333. The van der Waals surface area contributed by atoms with Crippen LogP contribution in [0.15, 0.2) is 12.1 Å². The van der Waals surface area contributed by atoms with Gasteiger partial charge in [0.15, 0.2) is 0 Å². The molecule has 0 radical (unpaired) electrons. The van der Waals surface area contributed by atoms with Crippen molar-refractivity contribution in [2.24, 2.45) is 0 Å². The average molecular weight is 144 g/mol. The first-order valence-corrected chi connectivity index (χ1v) is 2.80. The zero-order valence-electron chi connectivity index (χ0n) is 5.22. The molecule has 0 bridgehead atoms. The summed E-state index contributed by atoms with van der Waals surface area (Å²) in [5.41, 5.74) is 0.467. The molecule has 0 aromatic carbocycles. The lowest BCUT2D eigenvalue weighted by atomic mass is 10.3. The highest BCUT2D eigenvalue weighted by atomic mass is 19.1. The smallest absolute Gasteiger partial charge is 0.133 e. The number of halogens is 2. The first-order valence-electron chi connectivity index (χ1n) is 2.80. The minimum Gasteiger partial charge on any atom is -0.244 e. The number of alkyl halides is 2. The molecule has 0 aliphatic rings. The predicted molar refractivity (Wildman–Crippen MR) is 31.7 cm³/mol. The summed E-state index contributed by atoms with van der Waals surface area (Å²) in [6.07, 6.45) is 0. The van der Waals surface area contributed by atoms with Crippen LogP contribution in [-0.2, 0) is 13.3 Å². The number of nitrogens with zero attached hydrogens (tertiary/aromatic N) is 2. The topological polar surface area (TPSA) is 25.8 Å². The zero-order valence-corrected chi connectivity index (χ0v) is 5.22. The van der Waals surface area contributed by atoms with E-state index in [1.807, 2.05) is 0 Å². The van der Waals surface area contributed by atoms with Crippen molar-refractivity contribution in [3.05, 3.63) is 23.5 Å². The molecule has 0 atom stereocenters. The van der Waals surface area contributed by atoms with Gasteiger partial charge in [0.1, 0.15) is 13.3 Å². The van der Waals surface area contributed by atoms with Gasteiger partial charge in [0, 0.05) is 0 Å². The van der Waals surface area contributed by atoms with Crippen LogP contribution in [0.1, 0.15) is 11.4 Å². The molecule has 1 aromatic heterocycles. The summed E-state index contributed by atoms with van der Waals surface area (Å²) in [4.78, 5) is 0. The highest BCUT2D eigenvalue weighted by Gasteiger charge is 1.94. The van der Waals surface area contributed by atoms with Gasteiger partial charge in [0.2, 0.25) is 0 Å². The lowest BCUT2D eigenvalue weighted by Crippen LogP contribution is -1.93. The van der Waals surface area contributed by atoms with Crippen LogP contribution in [0.25, 0.3) is 0 Å². The summed E-state index contributed by atoms with van der Waals surface area (Å²) >= 11 is 0. The average Bonchev–Trinajstić information content (AvgIpc) is 2.05. The van der Waals surface area contributed by atoms with Crippen molar-refractivity contribution in [2.45, 2.75) is 13.3 Å². The Morgan fingerprint density at radius 3 is 1.60 bits per heavy atom. The van der Waals surface area contributed by atoms with E-state index in [9.17, 15) is 8.78 Å². The molecule has 0 fully saturated rings. The van der Waals surface area contributed by atoms with Crippen LogP contribution in [0.2, 0.25) is 0 Å². The monoisotopic (exact) mass is 144 g/mol. The Kier molecular flexibility index (Phi) is 2.25. The number of hydrogen-bond donors (Lipinski definition) is 0. The zero-order chi connectivity index (χ0) is 7.40. The normalized spacial score (nSPS) is 9.80. The van der Waals surface area contributed by atoms with Crippen LogP contribution in [0.5, 0.6) is 0 Å². The second kappa shape index (κ2) is 3.20. The number of rotatable bonds is 2. The molecular formula is C6H6F2N2. The van der Waals surface area contributed by atoms with Crippen LogP contribution in [0.4, 0.5) is 8.78 Å². The summed E-state index contributed by atoms with van der Waals surface area (Å²) in [6, 6.07) is 2.84. The van der Waals surface area contributed by atoms with Crippen molar-refractivity contribution in [3.8, 4) is 0 Å². The minimum absolute atomic E-state index is 0.234. The Hall–Kier alpha value is -1.06. The lowest BCUT2D eigenvalue weighted by molar-refractivity contribution is 0.457. The first kappa shape index (κ1) is 7.05. The van der Waals surface area contributed by atoms with Gasteiger partial charge in [-0.3, -0.25) is 0 Å². The van der Waals surface area contributed by atoms with E-state index >= 15 is 0 Å². The molecule has 54 valence electrons. The summed E-state index contributed by atoms with van der Waals surface area (Å²) in [5.74, 6) is 0. The highest BCUT2D eigenvalue weighted by Crippen LogP contribution is 1.98. The van der Waals surface area contributed by atoms with Crippen molar-refractivity contribution in [3.63, 3.8) is 0 Å². The number of hydrogen-bond acceptors (Lipinski definition) is 2. The second-order valence-electron chi connectivity index (χ2n) is 1.78. The van der Waals surface area contributed by atoms with E-state index in [1.165, 1.54) is 12.1 Å². The van der Waals surface area contributed by atoms with Crippen molar-refractivity contribution in [2.75, 3.05) is 0 Å². The fourth-order valence-corrected chi connectivity index (χ4v) is 0.530. The molecule has 0 spiro atoms. The van der Waals surface area contributed by atoms with E-state index in [4.69, 9.17) is 0 Å². The van der Waals surface area contributed by atoms with E-state index in [0.717, 1.165) is 0 Å². The van der Waals surface area contributed by atoms with Gasteiger partial charge in [0.05, 0.1) is 11.4 Å².